The van der Waals surface area contributed by atoms with Crippen LogP contribution in [0.4, 0.5) is 13.2 Å². The average Bonchev–Trinajstić information content (AvgIpc) is 2.33. The Balaban J connectivity index is 2.44. The molecule has 0 amide bonds. The van der Waals surface area contributed by atoms with Gasteiger partial charge in [-0.15, -0.1) is 0 Å². The molecule has 1 unspecified atom stereocenters. The summed E-state index contributed by atoms with van der Waals surface area (Å²) in [6.07, 6.45) is -1.14. The van der Waals surface area contributed by atoms with E-state index >= 15 is 0 Å². The number of benzene rings is 1. The molecule has 0 saturated heterocycles. The lowest BCUT2D eigenvalue weighted by molar-refractivity contribution is -0.137. The van der Waals surface area contributed by atoms with Crippen molar-refractivity contribution in [3.8, 4) is 0 Å². The molecule has 1 nitrogen and oxygen atoms in total. The van der Waals surface area contributed by atoms with Crippen LogP contribution < -0.4 is 5.32 Å². The van der Waals surface area contributed by atoms with Gasteiger partial charge in [0.25, 0.3) is 0 Å². The second-order valence-electron chi connectivity index (χ2n) is 4.26. The van der Waals surface area contributed by atoms with E-state index in [1.807, 2.05) is 0 Å². The van der Waals surface area contributed by atoms with Crippen LogP contribution in [0.3, 0.4) is 0 Å². The van der Waals surface area contributed by atoms with E-state index in [1.54, 1.807) is 11.8 Å². The van der Waals surface area contributed by atoms with Crippen molar-refractivity contribution in [1.29, 1.82) is 0 Å². The van der Waals surface area contributed by atoms with E-state index in [4.69, 9.17) is 0 Å². The van der Waals surface area contributed by atoms with Gasteiger partial charge < -0.3 is 5.32 Å². The minimum absolute atomic E-state index is 0.375. The van der Waals surface area contributed by atoms with Crippen molar-refractivity contribution in [2.45, 2.75) is 32.1 Å². The average molecular weight is 277 g/mol. The summed E-state index contributed by atoms with van der Waals surface area (Å²) in [7, 11) is 0. The molecule has 0 aliphatic heterocycles. The number of nitrogens with one attached hydrogen (secondary N) is 1. The van der Waals surface area contributed by atoms with Gasteiger partial charge in [0, 0.05) is 12.6 Å². The molecule has 0 spiro atoms. The smallest absolute Gasteiger partial charge is 0.310 e. The highest BCUT2D eigenvalue weighted by atomic mass is 32.2. The maximum absolute atomic E-state index is 12.4. The highest BCUT2D eigenvalue weighted by Gasteiger charge is 2.29. The minimum Gasteiger partial charge on any atom is -0.310 e. The summed E-state index contributed by atoms with van der Waals surface area (Å²) < 4.78 is 37.1. The minimum atomic E-state index is -4.25. The van der Waals surface area contributed by atoms with Gasteiger partial charge in [-0.3, -0.25) is 0 Å². The molecule has 102 valence electrons. The zero-order valence-electron chi connectivity index (χ0n) is 10.6. The van der Waals surface area contributed by atoms with Crippen LogP contribution in [-0.2, 0) is 12.7 Å². The Labute approximate surface area is 110 Å². The van der Waals surface area contributed by atoms with Crippen LogP contribution in [-0.4, -0.2) is 18.1 Å². The molecule has 0 saturated carbocycles. The van der Waals surface area contributed by atoms with Crippen LogP contribution in [0.2, 0.25) is 0 Å². The predicted molar refractivity (Wildman–Crippen MR) is 70.7 cm³/mol. The van der Waals surface area contributed by atoms with Gasteiger partial charge in [0.1, 0.15) is 0 Å². The molecule has 1 atom stereocenters. The highest BCUT2D eigenvalue weighted by molar-refractivity contribution is 7.98. The monoisotopic (exact) mass is 277 g/mol. The van der Waals surface area contributed by atoms with E-state index < -0.39 is 11.7 Å². The lowest BCUT2D eigenvalue weighted by Gasteiger charge is -2.13. The third kappa shape index (κ3) is 5.31. The van der Waals surface area contributed by atoms with Crippen molar-refractivity contribution >= 4 is 11.8 Å². The normalized spacial score (nSPS) is 13.6. The zero-order chi connectivity index (χ0) is 13.6. The molecule has 1 aromatic rings. The quantitative estimate of drug-likeness (QED) is 0.845. The molecule has 0 radical (unpaired) electrons. The Hall–Kier alpha value is -0.680. The van der Waals surface area contributed by atoms with Crippen LogP contribution in [0.5, 0.6) is 0 Å². The molecular weight excluding hydrogens is 259 g/mol. The highest BCUT2D eigenvalue weighted by Crippen LogP contribution is 2.29. The van der Waals surface area contributed by atoms with E-state index in [0.29, 0.717) is 12.6 Å². The zero-order valence-corrected chi connectivity index (χ0v) is 11.4. The first-order valence-electron chi connectivity index (χ1n) is 5.82. The van der Waals surface area contributed by atoms with Gasteiger partial charge in [-0.1, -0.05) is 12.1 Å². The Morgan fingerprint density at radius 3 is 2.33 bits per heavy atom. The van der Waals surface area contributed by atoms with E-state index in [1.165, 1.54) is 12.1 Å². The summed E-state index contributed by atoms with van der Waals surface area (Å²) >= 11 is 1.79. The number of thioether (sulfide) groups is 1. The molecule has 0 fully saturated rings. The van der Waals surface area contributed by atoms with E-state index in [2.05, 4.69) is 18.5 Å². The van der Waals surface area contributed by atoms with Gasteiger partial charge in [0.15, 0.2) is 0 Å². The van der Waals surface area contributed by atoms with Crippen molar-refractivity contribution in [3.05, 3.63) is 35.4 Å². The van der Waals surface area contributed by atoms with E-state index in [9.17, 15) is 13.2 Å². The van der Waals surface area contributed by atoms with Gasteiger partial charge >= 0.3 is 6.18 Å². The number of alkyl halides is 3. The molecule has 0 heterocycles. The lowest BCUT2D eigenvalue weighted by atomic mass is 10.1. The van der Waals surface area contributed by atoms with Crippen molar-refractivity contribution in [2.75, 3.05) is 12.0 Å². The van der Waals surface area contributed by atoms with Crippen LogP contribution in [0.15, 0.2) is 24.3 Å². The lowest BCUT2D eigenvalue weighted by Crippen LogP contribution is -2.26. The molecule has 0 aliphatic carbocycles. The first kappa shape index (κ1) is 15.4. The van der Waals surface area contributed by atoms with Crippen molar-refractivity contribution in [3.63, 3.8) is 0 Å². The number of halogens is 3. The molecule has 1 rings (SSSR count). The van der Waals surface area contributed by atoms with Crippen LogP contribution in [0, 0.1) is 0 Å². The van der Waals surface area contributed by atoms with Crippen LogP contribution >= 0.6 is 11.8 Å². The number of hydrogen-bond donors (Lipinski definition) is 1. The number of hydrogen-bond acceptors (Lipinski definition) is 2. The predicted octanol–water partition coefficient (Wildman–Crippen LogP) is 3.94. The summed E-state index contributed by atoms with van der Waals surface area (Å²) in [5.41, 5.74) is 0.278. The van der Waals surface area contributed by atoms with Crippen LogP contribution in [0.25, 0.3) is 0 Å². The summed E-state index contributed by atoms with van der Waals surface area (Å²) in [5.74, 6) is 1.08. The summed E-state index contributed by atoms with van der Waals surface area (Å²) in [6, 6.07) is 5.68. The summed E-state index contributed by atoms with van der Waals surface area (Å²) in [5, 5.41) is 3.30. The topological polar surface area (TPSA) is 12.0 Å². The van der Waals surface area contributed by atoms with Gasteiger partial charge in [-0.2, -0.15) is 24.9 Å². The molecule has 0 bridgehead atoms. The first-order chi connectivity index (χ1) is 8.43. The SMILES string of the molecule is CSCCC(C)NCc1ccc(C(F)(F)F)cc1. The fourth-order valence-corrected chi connectivity index (χ4v) is 2.09. The Morgan fingerprint density at radius 1 is 1.22 bits per heavy atom. The number of rotatable bonds is 6. The third-order valence-electron chi connectivity index (χ3n) is 2.69. The molecule has 5 heteroatoms. The Morgan fingerprint density at radius 2 is 1.83 bits per heavy atom. The fraction of sp³-hybridized carbons (Fsp3) is 0.538. The first-order valence-corrected chi connectivity index (χ1v) is 7.21. The second-order valence-corrected chi connectivity index (χ2v) is 5.24. The van der Waals surface area contributed by atoms with Gasteiger partial charge in [0.05, 0.1) is 5.56 Å². The van der Waals surface area contributed by atoms with Gasteiger partial charge in [-0.25, -0.2) is 0 Å². The van der Waals surface area contributed by atoms with Crippen molar-refractivity contribution in [2.24, 2.45) is 0 Å². The molecular formula is C13H18F3NS. The van der Waals surface area contributed by atoms with Crippen molar-refractivity contribution < 1.29 is 13.2 Å². The summed E-state index contributed by atoms with van der Waals surface area (Å²) in [6.45, 7) is 2.69. The molecule has 18 heavy (non-hydrogen) atoms. The van der Waals surface area contributed by atoms with E-state index in [0.717, 1.165) is 29.9 Å². The molecule has 0 aromatic heterocycles. The standard InChI is InChI=1S/C13H18F3NS/c1-10(7-8-18-2)17-9-11-3-5-12(6-4-11)13(14,15)16/h3-6,10,17H,7-9H2,1-2H3. The fourth-order valence-electron chi connectivity index (χ4n) is 1.50. The maximum Gasteiger partial charge on any atom is 0.416 e. The van der Waals surface area contributed by atoms with Gasteiger partial charge in [0.2, 0.25) is 0 Å². The molecule has 1 aromatic carbocycles. The Bertz CT molecular complexity index is 348. The molecule has 0 aliphatic rings. The molecule has 1 N–H and O–H groups in total. The Kier molecular flexibility index (Phi) is 6.02. The van der Waals surface area contributed by atoms with Crippen LogP contribution in [0.1, 0.15) is 24.5 Å². The largest absolute Gasteiger partial charge is 0.416 e. The van der Waals surface area contributed by atoms with Gasteiger partial charge in [-0.05, 0) is 43.0 Å². The third-order valence-corrected chi connectivity index (χ3v) is 3.33. The van der Waals surface area contributed by atoms with E-state index in [-0.39, 0.29) is 0 Å². The maximum atomic E-state index is 12.4. The van der Waals surface area contributed by atoms with Crippen molar-refractivity contribution in [1.82, 2.24) is 5.32 Å². The summed E-state index contributed by atoms with van der Waals surface area (Å²) in [4.78, 5) is 0. The second kappa shape index (κ2) is 7.04.